The number of benzene rings is 2. The first-order valence-corrected chi connectivity index (χ1v) is 11.5. The van der Waals surface area contributed by atoms with Crippen molar-refractivity contribution in [2.24, 2.45) is 11.8 Å². The Kier molecular flexibility index (Phi) is 5.93. The monoisotopic (exact) mass is 426 g/mol. The van der Waals surface area contributed by atoms with Gasteiger partial charge >= 0.3 is 0 Å². The lowest BCUT2D eigenvalue weighted by Crippen LogP contribution is -2.43. The molecule has 1 aliphatic carbocycles. The van der Waals surface area contributed by atoms with Crippen LogP contribution in [0.1, 0.15) is 49.2 Å². The van der Waals surface area contributed by atoms with E-state index in [0.717, 1.165) is 27.1 Å². The summed E-state index contributed by atoms with van der Waals surface area (Å²) in [4.78, 5) is 18.7. The number of hydrogen-bond acceptors (Lipinski definition) is 2. The molecule has 0 saturated heterocycles. The van der Waals surface area contributed by atoms with Gasteiger partial charge in [0, 0.05) is 26.9 Å². The molecule has 3 aromatic rings. The van der Waals surface area contributed by atoms with Gasteiger partial charge in [0.1, 0.15) is 5.69 Å². The predicted molar refractivity (Wildman–Crippen MR) is 122 cm³/mol. The van der Waals surface area contributed by atoms with Crippen LogP contribution in [-0.4, -0.2) is 16.9 Å². The number of rotatable bonds is 4. The van der Waals surface area contributed by atoms with E-state index in [1.807, 2.05) is 24.3 Å². The summed E-state index contributed by atoms with van der Waals surface area (Å²) in [5.41, 5.74) is 2.82. The van der Waals surface area contributed by atoms with Crippen molar-refractivity contribution in [1.82, 2.24) is 10.3 Å². The third-order valence-electron chi connectivity index (χ3n) is 6.19. The summed E-state index contributed by atoms with van der Waals surface area (Å²) >= 11 is 7.65. The van der Waals surface area contributed by atoms with Crippen LogP contribution in [0.3, 0.4) is 0 Å². The Bertz CT molecular complexity index is 1030. The van der Waals surface area contributed by atoms with Gasteiger partial charge in [-0.3, -0.25) is 4.79 Å². The van der Waals surface area contributed by atoms with E-state index in [4.69, 9.17) is 11.6 Å². The average molecular weight is 427 g/mol. The van der Waals surface area contributed by atoms with Crippen molar-refractivity contribution in [3.05, 3.63) is 58.7 Å². The first-order valence-electron chi connectivity index (χ1n) is 10.3. The normalized spacial score (nSPS) is 22.0. The van der Waals surface area contributed by atoms with E-state index in [9.17, 15) is 4.79 Å². The SMILES string of the molecule is Cc1ccc2c(Sc3ccc(Cl)cc3)c(C(=O)NC3CCCC(C)C3C)[nH]c2c1. The Morgan fingerprint density at radius 1 is 1.14 bits per heavy atom. The van der Waals surface area contributed by atoms with Crippen molar-refractivity contribution in [2.75, 3.05) is 0 Å². The molecule has 3 nitrogen and oxygen atoms in total. The molecule has 1 fully saturated rings. The van der Waals surface area contributed by atoms with Crippen LogP contribution in [0.15, 0.2) is 52.3 Å². The number of aromatic nitrogens is 1. The zero-order chi connectivity index (χ0) is 20.5. The highest BCUT2D eigenvalue weighted by atomic mass is 35.5. The largest absolute Gasteiger partial charge is 0.350 e. The first kappa shape index (κ1) is 20.4. The van der Waals surface area contributed by atoms with E-state index < -0.39 is 0 Å². The topological polar surface area (TPSA) is 44.9 Å². The minimum atomic E-state index is -0.0127. The van der Waals surface area contributed by atoms with Crippen LogP contribution in [0.5, 0.6) is 0 Å². The van der Waals surface area contributed by atoms with Gasteiger partial charge in [0.2, 0.25) is 0 Å². The third-order valence-corrected chi connectivity index (χ3v) is 7.58. The predicted octanol–water partition coefficient (Wildman–Crippen LogP) is 6.84. The third kappa shape index (κ3) is 4.34. The van der Waals surface area contributed by atoms with Crippen LogP contribution in [0.2, 0.25) is 5.02 Å². The Balaban J connectivity index is 1.68. The molecule has 2 aromatic carbocycles. The summed E-state index contributed by atoms with van der Waals surface area (Å²) < 4.78 is 0. The maximum Gasteiger partial charge on any atom is 0.269 e. The molecule has 1 heterocycles. The number of aryl methyl sites for hydroxylation is 1. The summed E-state index contributed by atoms with van der Waals surface area (Å²) in [6, 6.07) is 14.3. The van der Waals surface area contributed by atoms with E-state index in [0.29, 0.717) is 22.6 Å². The van der Waals surface area contributed by atoms with Crippen molar-refractivity contribution in [2.45, 2.75) is 55.9 Å². The van der Waals surface area contributed by atoms with Gasteiger partial charge in [-0.25, -0.2) is 0 Å². The maximum absolute atomic E-state index is 13.3. The number of aromatic amines is 1. The molecular weight excluding hydrogens is 400 g/mol. The van der Waals surface area contributed by atoms with Crippen LogP contribution in [0.25, 0.3) is 10.9 Å². The lowest BCUT2D eigenvalue weighted by molar-refractivity contribution is 0.0884. The maximum atomic E-state index is 13.3. The van der Waals surface area contributed by atoms with Gasteiger partial charge in [-0.2, -0.15) is 0 Å². The summed E-state index contributed by atoms with van der Waals surface area (Å²) in [6.07, 6.45) is 3.47. The summed E-state index contributed by atoms with van der Waals surface area (Å²) in [5.74, 6) is 1.12. The number of amides is 1. The van der Waals surface area contributed by atoms with Gasteiger partial charge < -0.3 is 10.3 Å². The highest BCUT2D eigenvalue weighted by molar-refractivity contribution is 7.99. The molecule has 2 N–H and O–H groups in total. The second-order valence-electron chi connectivity index (χ2n) is 8.28. The smallest absolute Gasteiger partial charge is 0.269 e. The Morgan fingerprint density at radius 2 is 1.90 bits per heavy atom. The molecule has 1 saturated carbocycles. The summed E-state index contributed by atoms with van der Waals surface area (Å²) in [5, 5.41) is 5.11. The van der Waals surface area contributed by atoms with Crippen LogP contribution in [0.4, 0.5) is 0 Å². The first-order chi connectivity index (χ1) is 13.9. The lowest BCUT2D eigenvalue weighted by atomic mass is 9.78. The van der Waals surface area contributed by atoms with Crippen molar-refractivity contribution in [3.8, 4) is 0 Å². The zero-order valence-corrected chi connectivity index (χ0v) is 18.7. The number of halogens is 1. The van der Waals surface area contributed by atoms with Crippen LogP contribution < -0.4 is 5.32 Å². The van der Waals surface area contributed by atoms with E-state index in [1.165, 1.54) is 18.4 Å². The fourth-order valence-corrected chi connectivity index (χ4v) is 5.37. The molecule has 3 atom stereocenters. The molecule has 0 radical (unpaired) electrons. The quantitative estimate of drug-likeness (QED) is 0.479. The highest BCUT2D eigenvalue weighted by Gasteiger charge is 2.29. The molecule has 152 valence electrons. The van der Waals surface area contributed by atoms with Crippen LogP contribution in [-0.2, 0) is 0 Å². The van der Waals surface area contributed by atoms with Gasteiger partial charge in [0.25, 0.3) is 5.91 Å². The minimum absolute atomic E-state index is 0.0127. The molecule has 0 bridgehead atoms. The molecule has 0 aliphatic heterocycles. The van der Waals surface area contributed by atoms with Crippen LogP contribution in [0, 0.1) is 18.8 Å². The van der Waals surface area contributed by atoms with Gasteiger partial charge in [-0.1, -0.05) is 62.2 Å². The van der Waals surface area contributed by atoms with Crippen LogP contribution >= 0.6 is 23.4 Å². The second kappa shape index (κ2) is 8.45. The number of carbonyl (C=O) groups excluding carboxylic acids is 1. The lowest BCUT2D eigenvalue weighted by Gasteiger charge is -2.34. The number of carbonyl (C=O) groups is 1. The van der Waals surface area contributed by atoms with E-state index in [1.54, 1.807) is 11.8 Å². The van der Waals surface area contributed by atoms with E-state index in [-0.39, 0.29) is 11.9 Å². The number of H-pyrrole nitrogens is 1. The molecule has 1 aromatic heterocycles. The van der Waals surface area contributed by atoms with E-state index >= 15 is 0 Å². The number of hydrogen-bond donors (Lipinski definition) is 2. The molecular formula is C24H27ClN2OS. The molecule has 5 heteroatoms. The number of fused-ring (bicyclic) bond motifs is 1. The molecule has 0 spiro atoms. The molecule has 4 rings (SSSR count). The van der Waals surface area contributed by atoms with E-state index in [2.05, 4.69) is 49.3 Å². The standard InChI is InChI=1S/C24H27ClN2OS/c1-14-7-12-19-21(13-14)26-22(23(19)29-18-10-8-17(25)9-11-18)24(28)27-20-6-4-5-15(2)16(20)3/h7-13,15-16,20,26H,4-6H2,1-3H3,(H,27,28). The van der Waals surface area contributed by atoms with Gasteiger partial charge in [-0.15, -0.1) is 0 Å². The highest BCUT2D eigenvalue weighted by Crippen LogP contribution is 2.38. The molecule has 1 amide bonds. The molecule has 3 unspecified atom stereocenters. The van der Waals surface area contributed by atoms with Crippen molar-refractivity contribution in [1.29, 1.82) is 0 Å². The van der Waals surface area contributed by atoms with Crippen molar-refractivity contribution >= 4 is 40.2 Å². The number of nitrogens with one attached hydrogen (secondary N) is 2. The molecule has 1 aliphatic rings. The Hall–Kier alpha value is -1.91. The van der Waals surface area contributed by atoms with Gasteiger partial charge in [0.05, 0.1) is 4.90 Å². The average Bonchev–Trinajstić information content (AvgIpc) is 3.04. The Morgan fingerprint density at radius 3 is 2.66 bits per heavy atom. The van der Waals surface area contributed by atoms with Crippen molar-refractivity contribution in [3.63, 3.8) is 0 Å². The van der Waals surface area contributed by atoms with Gasteiger partial charge in [0.15, 0.2) is 0 Å². The minimum Gasteiger partial charge on any atom is -0.350 e. The Labute approximate surface area is 181 Å². The van der Waals surface area contributed by atoms with Gasteiger partial charge in [-0.05, 0) is 61.1 Å². The fourth-order valence-electron chi connectivity index (χ4n) is 4.20. The fraction of sp³-hybridized carbons (Fsp3) is 0.375. The molecule has 29 heavy (non-hydrogen) atoms. The second-order valence-corrected chi connectivity index (χ2v) is 9.80. The van der Waals surface area contributed by atoms with Crippen molar-refractivity contribution < 1.29 is 4.79 Å². The summed E-state index contributed by atoms with van der Waals surface area (Å²) in [6.45, 7) is 6.61. The zero-order valence-electron chi connectivity index (χ0n) is 17.1. The summed E-state index contributed by atoms with van der Waals surface area (Å²) in [7, 11) is 0.